The van der Waals surface area contributed by atoms with E-state index in [0.29, 0.717) is 25.9 Å². The Morgan fingerprint density at radius 2 is 1.93 bits per heavy atom. The van der Waals surface area contributed by atoms with E-state index < -0.39 is 11.4 Å². The lowest BCUT2D eigenvalue weighted by Gasteiger charge is -2.38. The van der Waals surface area contributed by atoms with Crippen molar-refractivity contribution in [1.29, 1.82) is 0 Å². The minimum absolute atomic E-state index is 0.0641. The van der Waals surface area contributed by atoms with Gasteiger partial charge in [0.25, 0.3) is 11.8 Å². The van der Waals surface area contributed by atoms with Crippen LogP contribution in [-0.2, 0) is 9.53 Å². The number of rotatable bonds is 3. The third kappa shape index (κ3) is 2.85. The average molecular weight is 398 g/mol. The molecule has 0 radical (unpaired) electrons. The number of carbonyl (C=O) groups excluding carboxylic acids is 1. The fourth-order valence-corrected chi connectivity index (χ4v) is 4.84. The molecule has 3 aliphatic heterocycles. The van der Waals surface area contributed by atoms with E-state index in [1.807, 2.05) is 28.0 Å². The van der Waals surface area contributed by atoms with Crippen molar-refractivity contribution in [3.05, 3.63) is 48.0 Å². The van der Waals surface area contributed by atoms with Gasteiger partial charge in [-0.2, -0.15) is 9.37 Å². The second kappa shape index (κ2) is 6.95. The van der Waals surface area contributed by atoms with E-state index in [1.54, 1.807) is 0 Å². The summed E-state index contributed by atoms with van der Waals surface area (Å²) in [4.78, 5) is 25.1. The number of anilines is 1. The summed E-state index contributed by atoms with van der Waals surface area (Å²) in [5.41, 5.74) is 0.332. The molecule has 5 rings (SSSR count). The Balaban J connectivity index is 1.34. The van der Waals surface area contributed by atoms with Crippen LogP contribution in [0, 0.1) is 5.82 Å². The van der Waals surface area contributed by atoms with Gasteiger partial charge in [0.15, 0.2) is 11.4 Å². The second-order valence-electron chi connectivity index (χ2n) is 7.79. The zero-order valence-electron chi connectivity index (χ0n) is 16.3. The molecule has 8 heteroatoms. The molecule has 1 aromatic heterocycles. The highest BCUT2D eigenvalue weighted by Gasteiger charge is 2.58. The van der Waals surface area contributed by atoms with Crippen molar-refractivity contribution >= 4 is 11.7 Å². The molecule has 3 fully saturated rings. The van der Waals surface area contributed by atoms with Crippen LogP contribution in [-0.4, -0.2) is 52.8 Å². The Bertz CT molecular complexity index is 917. The van der Waals surface area contributed by atoms with Gasteiger partial charge in [0.05, 0.1) is 13.2 Å². The van der Waals surface area contributed by atoms with Gasteiger partial charge in [0, 0.05) is 25.9 Å². The molecule has 3 saturated heterocycles. The number of hydrogen-bond donors (Lipinski definition) is 0. The molecule has 7 nitrogen and oxygen atoms in total. The molecular formula is C21H23FN4O3. The van der Waals surface area contributed by atoms with E-state index >= 15 is 0 Å². The Hall–Kier alpha value is -2.74. The third-order valence-corrected chi connectivity index (χ3v) is 6.31. The van der Waals surface area contributed by atoms with Crippen LogP contribution >= 0.6 is 0 Å². The molecule has 0 bridgehead atoms. The molecule has 3 aliphatic rings. The fourth-order valence-electron chi connectivity index (χ4n) is 4.84. The summed E-state index contributed by atoms with van der Waals surface area (Å²) in [7, 11) is 1.38. The minimum atomic E-state index is -0.817. The standard InChI is InChI=1S/C21H23FN4O3/c1-28-19-17(22)18(23-13-24-19)25-11-9-21(10-12-25)20(27)26-15(7-8-16(26)29-21)14-5-3-2-4-6-14/h2-6,13,15-16H,7-12H2,1H3/t15-,16+/m0/s1. The van der Waals surface area contributed by atoms with Gasteiger partial charge < -0.3 is 19.3 Å². The van der Waals surface area contributed by atoms with Crippen molar-refractivity contribution in [3.63, 3.8) is 0 Å². The van der Waals surface area contributed by atoms with Gasteiger partial charge in [-0.15, -0.1) is 0 Å². The van der Waals surface area contributed by atoms with Gasteiger partial charge in [-0.1, -0.05) is 30.3 Å². The van der Waals surface area contributed by atoms with Crippen LogP contribution < -0.4 is 9.64 Å². The summed E-state index contributed by atoms with van der Waals surface area (Å²) < 4.78 is 25.8. The third-order valence-electron chi connectivity index (χ3n) is 6.31. The number of methoxy groups -OCH3 is 1. The first-order chi connectivity index (χ1) is 14.1. The number of fused-ring (bicyclic) bond motifs is 1. The molecule has 29 heavy (non-hydrogen) atoms. The molecule has 2 aromatic rings. The zero-order valence-corrected chi connectivity index (χ0v) is 16.3. The summed E-state index contributed by atoms with van der Waals surface area (Å²) in [6, 6.07) is 10.2. The topological polar surface area (TPSA) is 67.8 Å². The van der Waals surface area contributed by atoms with E-state index in [-0.39, 0.29) is 29.9 Å². The van der Waals surface area contributed by atoms with Gasteiger partial charge in [-0.05, 0) is 18.4 Å². The van der Waals surface area contributed by atoms with Crippen LogP contribution in [0.2, 0.25) is 0 Å². The summed E-state index contributed by atoms with van der Waals surface area (Å²) in [5, 5.41) is 0. The molecule has 2 atom stereocenters. The molecule has 1 aromatic carbocycles. The predicted molar refractivity (Wildman–Crippen MR) is 103 cm³/mol. The Morgan fingerprint density at radius 3 is 2.66 bits per heavy atom. The van der Waals surface area contributed by atoms with Crippen molar-refractivity contribution < 1.29 is 18.7 Å². The van der Waals surface area contributed by atoms with Gasteiger partial charge in [0.1, 0.15) is 12.6 Å². The highest BCUT2D eigenvalue weighted by molar-refractivity contribution is 5.88. The maximum absolute atomic E-state index is 14.5. The van der Waals surface area contributed by atoms with Crippen LogP contribution in [0.25, 0.3) is 0 Å². The molecule has 152 valence electrons. The number of halogens is 1. The number of aromatic nitrogens is 2. The SMILES string of the molecule is COc1ncnc(N2CCC3(CC2)O[C@@H]2CC[C@@H](c4ccccc4)N2C3=O)c1F. The average Bonchev–Trinajstić information content (AvgIpc) is 3.28. The molecular weight excluding hydrogens is 375 g/mol. The normalized spacial score (nSPS) is 25.5. The molecule has 0 aliphatic carbocycles. The number of hydrogen-bond acceptors (Lipinski definition) is 6. The van der Waals surface area contributed by atoms with Crippen LogP contribution in [0.15, 0.2) is 36.7 Å². The van der Waals surface area contributed by atoms with Crippen LogP contribution in [0.1, 0.15) is 37.3 Å². The largest absolute Gasteiger partial charge is 0.479 e. The van der Waals surface area contributed by atoms with Crippen molar-refractivity contribution in [2.45, 2.75) is 43.6 Å². The maximum Gasteiger partial charge on any atom is 0.257 e. The summed E-state index contributed by atoms with van der Waals surface area (Å²) >= 11 is 0. The summed E-state index contributed by atoms with van der Waals surface area (Å²) in [5.74, 6) is -0.377. The lowest BCUT2D eigenvalue weighted by atomic mass is 9.89. The molecule has 0 unspecified atom stereocenters. The van der Waals surface area contributed by atoms with E-state index in [1.165, 1.54) is 13.4 Å². The first-order valence-corrected chi connectivity index (χ1v) is 9.98. The molecule has 0 N–H and O–H groups in total. The zero-order chi connectivity index (χ0) is 20.0. The number of ether oxygens (including phenoxy) is 2. The predicted octanol–water partition coefficient (Wildman–Crippen LogP) is 2.68. The summed E-state index contributed by atoms with van der Waals surface area (Å²) in [6.45, 7) is 0.971. The quantitative estimate of drug-likeness (QED) is 0.792. The first-order valence-electron chi connectivity index (χ1n) is 9.98. The van der Waals surface area contributed by atoms with E-state index in [2.05, 4.69) is 22.1 Å². The fraction of sp³-hybridized carbons (Fsp3) is 0.476. The lowest BCUT2D eigenvalue weighted by Crippen LogP contribution is -2.50. The van der Waals surface area contributed by atoms with Crippen molar-refractivity contribution in [1.82, 2.24) is 14.9 Å². The Kier molecular flexibility index (Phi) is 4.38. The van der Waals surface area contributed by atoms with Crippen LogP contribution in [0.3, 0.4) is 0 Å². The van der Waals surface area contributed by atoms with Gasteiger partial charge >= 0.3 is 0 Å². The first kappa shape index (κ1) is 18.3. The Morgan fingerprint density at radius 1 is 1.17 bits per heavy atom. The number of benzene rings is 1. The van der Waals surface area contributed by atoms with E-state index in [0.717, 1.165) is 18.4 Å². The highest BCUT2D eigenvalue weighted by atomic mass is 19.1. The molecule has 1 spiro atoms. The van der Waals surface area contributed by atoms with Crippen molar-refractivity contribution in [2.75, 3.05) is 25.1 Å². The summed E-state index contributed by atoms with van der Waals surface area (Å²) in [6.07, 6.45) is 3.89. The van der Waals surface area contributed by atoms with E-state index in [9.17, 15) is 9.18 Å². The molecule has 4 heterocycles. The smallest absolute Gasteiger partial charge is 0.257 e. The molecule has 1 amide bonds. The lowest BCUT2D eigenvalue weighted by molar-refractivity contribution is -0.140. The van der Waals surface area contributed by atoms with E-state index in [4.69, 9.17) is 9.47 Å². The van der Waals surface area contributed by atoms with Crippen molar-refractivity contribution in [3.8, 4) is 5.88 Å². The maximum atomic E-state index is 14.5. The number of nitrogens with zero attached hydrogens (tertiary/aromatic N) is 4. The van der Waals surface area contributed by atoms with Crippen LogP contribution in [0.4, 0.5) is 10.2 Å². The van der Waals surface area contributed by atoms with Gasteiger partial charge in [-0.25, -0.2) is 4.98 Å². The van der Waals surface area contributed by atoms with Crippen molar-refractivity contribution in [2.24, 2.45) is 0 Å². The molecule has 0 saturated carbocycles. The highest BCUT2D eigenvalue weighted by Crippen LogP contribution is 2.47. The number of amides is 1. The van der Waals surface area contributed by atoms with Gasteiger partial charge in [0.2, 0.25) is 5.82 Å². The minimum Gasteiger partial charge on any atom is -0.479 e. The van der Waals surface area contributed by atoms with Crippen LogP contribution in [0.5, 0.6) is 5.88 Å². The second-order valence-corrected chi connectivity index (χ2v) is 7.79. The monoisotopic (exact) mass is 398 g/mol. The Labute approximate surface area is 168 Å². The van der Waals surface area contributed by atoms with Gasteiger partial charge in [-0.3, -0.25) is 4.79 Å². The number of carbonyl (C=O) groups is 1. The number of piperidine rings is 1.